The number of sulfonamides is 2. The minimum atomic E-state index is -4.01. The van der Waals surface area contributed by atoms with Crippen LogP contribution in [0.5, 0.6) is 0 Å². The molecule has 1 saturated heterocycles. The maximum absolute atomic E-state index is 12.6. The summed E-state index contributed by atoms with van der Waals surface area (Å²) in [6, 6.07) is 4.00. The van der Waals surface area contributed by atoms with Crippen molar-refractivity contribution in [3.8, 4) is 0 Å². The van der Waals surface area contributed by atoms with Crippen LogP contribution >= 0.6 is 0 Å². The van der Waals surface area contributed by atoms with E-state index in [0.29, 0.717) is 19.5 Å². The molecular formula is C17H26N2O6S2. The maximum atomic E-state index is 12.6. The van der Waals surface area contributed by atoms with Crippen molar-refractivity contribution in [2.75, 3.05) is 20.2 Å². The van der Waals surface area contributed by atoms with Gasteiger partial charge < -0.3 is 4.74 Å². The van der Waals surface area contributed by atoms with Crippen molar-refractivity contribution >= 4 is 26.0 Å². The molecule has 0 bridgehead atoms. The predicted molar refractivity (Wildman–Crippen MR) is 100 cm³/mol. The van der Waals surface area contributed by atoms with E-state index in [0.717, 1.165) is 12.8 Å². The Bertz CT molecular complexity index is 859. The van der Waals surface area contributed by atoms with Gasteiger partial charge in [0, 0.05) is 13.1 Å². The van der Waals surface area contributed by atoms with Crippen LogP contribution in [0.15, 0.2) is 34.1 Å². The summed E-state index contributed by atoms with van der Waals surface area (Å²) in [6.07, 6.45) is 2.22. The lowest BCUT2D eigenvalue weighted by molar-refractivity contribution is -0.143. The highest BCUT2D eigenvalue weighted by atomic mass is 32.2. The largest absolute Gasteiger partial charge is 0.468 e. The number of ether oxygens (including phenoxy) is 1. The summed E-state index contributed by atoms with van der Waals surface area (Å²) in [6.45, 7) is 4.53. The molecule has 152 valence electrons. The molecule has 0 amide bonds. The van der Waals surface area contributed by atoms with E-state index in [-0.39, 0.29) is 15.7 Å². The number of carbonyl (C=O) groups is 1. The summed E-state index contributed by atoms with van der Waals surface area (Å²) in [5.74, 6) is -0.928. The Morgan fingerprint density at radius 1 is 1.11 bits per heavy atom. The lowest BCUT2D eigenvalue weighted by Gasteiger charge is -2.22. The summed E-state index contributed by atoms with van der Waals surface area (Å²) in [5, 5.41) is 0. The smallest absolute Gasteiger partial charge is 0.324 e. The lowest BCUT2D eigenvalue weighted by atomic mass is 10.0. The van der Waals surface area contributed by atoms with Gasteiger partial charge in [0.1, 0.15) is 6.04 Å². The van der Waals surface area contributed by atoms with Crippen LogP contribution in [0.3, 0.4) is 0 Å². The van der Waals surface area contributed by atoms with E-state index in [9.17, 15) is 21.6 Å². The first-order chi connectivity index (χ1) is 12.6. The molecule has 2 atom stereocenters. The minimum Gasteiger partial charge on any atom is -0.468 e. The Labute approximate surface area is 161 Å². The zero-order chi connectivity index (χ0) is 20.2. The number of benzene rings is 1. The third kappa shape index (κ3) is 4.87. The van der Waals surface area contributed by atoms with E-state index in [1.165, 1.54) is 35.7 Å². The first kappa shape index (κ1) is 21.8. The van der Waals surface area contributed by atoms with Gasteiger partial charge in [-0.2, -0.15) is 9.03 Å². The molecule has 0 spiro atoms. The van der Waals surface area contributed by atoms with E-state index in [1.807, 2.05) is 6.92 Å². The Morgan fingerprint density at radius 2 is 1.63 bits per heavy atom. The van der Waals surface area contributed by atoms with E-state index in [1.54, 1.807) is 6.92 Å². The Morgan fingerprint density at radius 3 is 2.11 bits per heavy atom. The Hall–Kier alpha value is -1.49. The monoisotopic (exact) mass is 418 g/mol. The molecule has 0 saturated carbocycles. The molecule has 1 aromatic rings. The maximum Gasteiger partial charge on any atom is 0.324 e. The number of hydrogen-bond donors (Lipinski definition) is 1. The Kier molecular flexibility index (Phi) is 7.01. The van der Waals surface area contributed by atoms with Crippen molar-refractivity contribution in [3.05, 3.63) is 24.3 Å². The quantitative estimate of drug-likeness (QED) is 0.638. The van der Waals surface area contributed by atoms with E-state index >= 15 is 0 Å². The van der Waals surface area contributed by atoms with Gasteiger partial charge in [-0.3, -0.25) is 4.79 Å². The molecule has 1 N–H and O–H groups in total. The zero-order valence-corrected chi connectivity index (χ0v) is 17.3. The van der Waals surface area contributed by atoms with E-state index in [2.05, 4.69) is 9.46 Å². The standard InChI is InChI=1S/C17H26N2O6S2/c1-4-13(2)16(17(20)25-3)18-26(21,22)14-7-9-15(10-8-14)27(23,24)19-11-5-6-12-19/h7-10,13,16,18H,4-6,11-12H2,1-3H3/t13-,16-/m0/s1. The van der Waals surface area contributed by atoms with Crippen molar-refractivity contribution < 1.29 is 26.4 Å². The number of hydrogen-bond acceptors (Lipinski definition) is 6. The second-order valence-electron chi connectivity index (χ2n) is 6.59. The molecule has 10 heteroatoms. The number of esters is 1. The van der Waals surface area contributed by atoms with Crippen molar-refractivity contribution in [2.24, 2.45) is 5.92 Å². The minimum absolute atomic E-state index is 0.0507. The molecule has 0 aromatic heterocycles. The average Bonchev–Trinajstić information content (AvgIpc) is 3.20. The SMILES string of the molecule is CC[C@H](C)[C@H](NS(=O)(=O)c1ccc(S(=O)(=O)N2CCCC2)cc1)C(=O)OC. The molecule has 1 aliphatic heterocycles. The van der Waals surface area contributed by atoms with Gasteiger partial charge in [0.15, 0.2) is 0 Å². The highest BCUT2D eigenvalue weighted by Gasteiger charge is 2.31. The van der Waals surface area contributed by atoms with Crippen LogP contribution < -0.4 is 4.72 Å². The van der Waals surface area contributed by atoms with Crippen molar-refractivity contribution in [2.45, 2.75) is 48.9 Å². The van der Waals surface area contributed by atoms with Gasteiger partial charge >= 0.3 is 5.97 Å². The molecule has 0 aliphatic carbocycles. The van der Waals surface area contributed by atoms with E-state index in [4.69, 9.17) is 0 Å². The fourth-order valence-corrected chi connectivity index (χ4v) is 5.67. The fraction of sp³-hybridized carbons (Fsp3) is 0.588. The molecule has 0 radical (unpaired) electrons. The first-order valence-corrected chi connectivity index (χ1v) is 11.8. The number of methoxy groups -OCH3 is 1. The van der Waals surface area contributed by atoms with Crippen molar-refractivity contribution in [1.82, 2.24) is 9.03 Å². The predicted octanol–water partition coefficient (Wildman–Crippen LogP) is 1.34. The summed E-state index contributed by atoms with van der Waals surface area (Å²) < 4.78 is 58.7. The van der Waals surface area contributed by atoms with Gasteiger partial charge in [-0.25, -0.2) is 16.8 Å². The summed E-state index contributed by atoms with van der Waals surface area (Å²) >= 11 is 0. The number of nitrogens with zero attached hydrogens (tertiary/aromatic N) is 1. The van der Waals surface area contributed by atoms with Crippen molar-refractivity contribution in [3.63, 3.8) is 0 Å². The molecule has 1 aromatic carbocycles. The second kappa shape index (κ2) is 8.68. The molecular weight excluding hydrogens is 392 g/mol. The third-order valence-electron chi connectivity index (χ3n) is 4.79. The second-order valence-corrected chi connectivity index (χ2v) is 10.2. The Balaban J connectivity index is 2.25. The zero-order valence-electron chi connectivity index (χ0n) is 15.7. The first-order valence-electron chi connectivity index (χ1n) is 8.84. The van der Waals surface area contributed by atoms with E-state index < -0.39 is 32.1 Å². The molecule has 2 rings (SSSR count). The fourth-order valence-electron chi connectivity index (χ4n) is 2.86. The molecule has 1 aliphatic rings. The topological polar surface area (TPSA) is 110 Å². The van der Waals surface area contributed by atoms with Gasteiger partial charge in [0.25, 0.3) is 0 Å². The van der Waals surface area contributed by atoms with Crippen LogP contribution in [0.25, 0.3) is 0 Å². The lowest BCUT2D eigenvalue weighted by Crippen LogP contribution is -2.45. The molecule has 27 heavy (non-hydrogen) atoms. The highest BCUT2D eigenvalue weighted by molar-refractivity contribution is 7.89. The van der Waals surface area contributed by atoms with Gasteiger partial charge in [-0.15, -0.1) is 0 Å². The van der Waals surface area contributed by atoms with Gasteiger partial charge in [0.2, 0.25) is 20.0 Å². The molecule has 0 unspecified atom stereocenters. The van der Waals surface area contributed by atoms with Crippen LogP contribution in [0, 0.1) is 5.92 Å². The van der Waals surface area contributed by atoms with Crippen LogP contribution in [-0.4, -0.2) is 53.4 Å². The number of nitrogens with one attached hydrogen (secondary N) is 1. The van der Waals surface area contributed by atoms with Crippen LogP contribution in [0.4, 0.5) is 0 Å². The normalized spacial score (nSPS) is 18.2. The number of carbonyl (C=O) groups excluding carboxylic acids is 1. The van der Waals surface area contributed by atoms with Crippen LogP contribution in [0.2, 0.25) is 0 Å². The summed E-state index contributed by atoms with van der Waals surface area (Å²) in [7, 11) is -6.43. The van der Waals surface area contributed by atoms with Crippen LogP contribution in [0.1, 0.15) is 33.1 Å². The average molecular weight is 419 g/mol. The molecule has 8 nitrogen and oxygen atoms in total. The summed E-state index contributed by atoms with van der Waals surface area (Å²) in [4.78, 5) is 11.9. The number of rotatable bonds is 8. The van der Waals surface area contributed by atoms with Gasteiger partial charge in [-0.1, -0.05) is 20.3 Å². The van der Waals surface area contributed by atoms with Crippen molar-refractivity contribution in [1.29, 1.82) is 0 Å². The van der Waals surface area contributed by atoms with Crippen LogP contribution in [-0.2, 0) is 29.6 Å². The van der Waals surface area contributed by atoms with Gasteiger partial charge in [-0.05, 0) is 43.0 Å². The molecule has 1 fully saturated rings. The molecule has 1 heterocycles. The third-order valence-corrected chi connectivity index (χ3v) is 8.16. The van der Waals surface area contributed by atoms with Gasteiger partial charge in [0.05, 0.1) is 16.9 Å². The summed E-state index contributed by atoms with van der Waals surface area (Å²) in [5.41, 5.74) is 0. The highest BCUT2D eigenvalue weighted by Crippen LogP contribution is 2.22.